The van der Waals surface area contributed by atoms with E-state index in [1.807, 2.05) is 37.3 Å². The van der Waals surface area contributed by atoms with Crippen LogP contribution in [-0.2, 0) is 24.5 Å². The van der Waals surface area contributed by atoms with Crippen LogP contribution < -0.4 is 24.4 Å². The van der Waals surface area contributed by atoms with Gasteiger partial charge in [0.25, 0.3) is 0 Å². The third kappa shape index (κ3) is 4.46. The number of nitrogens with zero attached hydrogens (tertiary/aromatic N) is 1. The molecule has 0 atom stereocenters. The van der Waals surface area contributed by atoms with Crippen LogP contribution in [0.15, 0.2) is 35.1 Å². The number of aromatic nitrogens is 2. The minimum absolute atomic E-state index is 0. The maximum Gasteiger partial charge on any atom is 1.00 e. The molecule has 100 valence electrons. The van der Waals surface area contributed by atoms with Crippen molar-refractivity contribution >= 4 is 12.2 Å². The van der Waals surface area contributed by atoms with Gasteiger partial charge in [-0.1, -0.05) is 49.0 Å². The quantitative estimate of drug-likeness (QED) is 0.455. The first-order valence-corrected chi connectivity index (χ1v) is 6.48. The molecule has 2 rings (SSSR count). The average Bonchev–Trinajstić information content (AvgIpc) is 2.42. The molecule has 4 nitrogen and oxygen atoms in total. The monoisotopic (exact) mass is 282 g/mol. The number of aryl methyl sites for hydroxylation is 1. The Hall–Kier alpha value is -1.12. The molecule has 0 saturated heterocycles. The molecule has 0 fully saturated rings. The van der Waals surface area contributed by atoms with Gasteiger partial charge < -0.3 is 19.1 Å². The number of hydrogen-bond acceptors (Lipinski definition) is 3. The van der Waals surface area contributed by atoms with E-state index in [4.69, 9.17) is 17.0 Å². The van der Waals surface area contributed by atoms with Crippen molar-refractivity contribution in [2.75, 3.05) is 0 Å². The SMILES string of the molecule is CCc1[c-]n(COCc2ccccc2)c(=S)[nH]c1=O.[Li+]. The molecule has 0 unspecified atom stereocenters. The molecule has 0 bridgehead atoms. The van der Waals surface area contributed by atoms with Gasteiger partial charge in [-0.15, -0.1) is 12.2 Å². The third-order valence-electron chi connectivity index (χ3n) is 2.70. The molecule has 0 radical (unpaired) electrons. The summed E-state index contributed by atoms with van der Waals surface area (Å²) in [6.07, 6.45) is 3.58. The number of hydrogen-bond donors (Lipinski definition) is 1. The van der Waals surface area contributed by atoms with E-state index in [9.17, 15) is 4.79 Å². The molecular formula is C14H15LiN2O2S. The number of H-pyrrole nitrogens is 1. The van der Waals surface area contributed by atoms with E-state index in [2.05, 4.69) is 11.2 Å². The Morgan fingerprint density at radius 1 is 1.35 bits per heavy atom. The predicted octanol–water partition coefficient (Wildman–Crippen LogP) is -0.553. The summed E-state index contributed by atoms with van der Waals surface area (Å²) in [6, 6.07) is 9.88. The Kier molecular flexibility index (Phi) is 6.97. The molecule has 0 aliphatic heterocycles. The van der Waals surface area contributed by atoms with Crippen LogP contribution in [0, 0.1) is 11.0 Å². The largest absolute Gasteiger partial charge is 1.00 e. The normalized spacial score (nSPS) is 10.1. The van der Waals surface area contributed by atoms with Crippen molar-refractivity contribution in [1.29, 1.82) is 0 Å². The van der Waals surface area contributed by atoms with Crippen molar-refractivity contribution in [2.24, 2.45) is 0 Å². The first kappa shape index (κ1) is 16.9. The molecule has 1 N–H and O–H groups in total. The zero-order valence-corrected chi connectivity index (χ0v) is 12.5. The molecule has 1 heterocycles. The van der Waals surface area contributed by atoms with Crippen LogP contribution in [-0.4, -0.2) is 9.55 Å². The Morgan fingerprint density at radius 2 is 2.05 bits per heavy atom. The number of rotatable bonds is 5. The predicted molar refractivity (Wildman–Crippen MR) is 75.3 cm³/mol. The topological polar surface area (TPSA) is 47.0 Å². The fourth-order valence-corrected chi connectivity index (χ4v) is 1.86. The van der Waals surface area contributed by atoms with Crippen molar-refractivity contribution in [1.82, 2.24) is 9.55 Å². The van der Waals surface area contributed by atoms with Crippen molar-refractivity contribution in [3.8, 4) is 0 Å². The Labute approximate surface area is 135 Å². The Balaban J connectivity index is 0.00000200. The molecule has 1 aromatic heterocycles. The molecular weight excluding hydrogens is 267 g/mol. The van der Waals surface area contributed by atoms with Gasteiger partial charge in [0.05, 0.1) is 11.4 Å². The first-order valence-electron chi connectivity index (χ1n) is 6.07. The van der Waals surface area contributed by atoms with Crippen molar-refractivity contribution in [3.05, 3.63) is 62.8 Å². The number of ether oxygens (including phenoxy) is 1. The number of nitrogens with one attached hydrogen (secondary N) is 1. The van der Waals surface area contributed by atoms with Crippen LogP contribution in [0.5, 0.6) is 0 Å². The summed E-state index contributed by atoms with van der Waals surface area (Å²) in [5.41, 5.74) is 1.50. The van der Waals surface area contributed by atoms with E-state index in [-0.39, 0.29) is 31.2 Å². The van der Waals surface area contributed by atoms with E-state index in [0.717, 1.165) is 5.56 Å². The van der Waals surface area contributed by atoms with Crippen LogP contribution >= 0.6 is 12.2 Å². The zero-order chi connectivity index (χ0) is 13.7. The van der Waals surface area contributed by atoms with E-state index in [1.165, 1.54) is 0 Å². The maximum atomic E-state index is 11.5. The molecule has 0 aliphatic carbocycles. The van der Waals surface area contributed by atoms with E-state index in [1.54, 1.807) is 4.57 Å². The second kappa shape index (κ2) is 8.23. The summed E-state index contributed by atoms with van der Waals surface area (Å²) in [5, 5.41) is 0. The van der Waals surface area contributed by atoms with E-state index >= 15 is 0 Å². The molecule has 0 saturated carbocycles. The summed E-state index contributed by atoms with van der Waals surface area (Å²) in [6.45, 7) is 2.67. The van der Waals surface area contributed by atoms with Crippen LogP contribution in [0.1, 0.15) is 18.1 Å². The maximum absolute atomic E-state index is 11.5. The fourth-order valence-electron chi connectivity index (χ4n) is 1.66. The fraction of sp³-hybridized carbons (Fsp3) is 0.286. The smallest absolute Gasteiger partial charge is 0.412 e. The summed E-state index contributed by atoms with van der Waals surface area (Å²) < 4.78 is 7.51. The van der Waals surface area contributed by atoms with Crippen LogP contribution in [0.2, 0.25) is 0 Å². The third-order valence-corrected chi connectivity index (χ3v) is 3.02. The minimum atomic E-state index is -0.174. The van der Waals surface area contributed by atoms with Crippen molar-refractivity contribution in [3.63, 3.8) is 0 Å². The van der Waals surface area contributed by atoms with E-state index < -0.39 is 0 Å². The van der Waals surface area contributed by atoms with Gasteiger partial charge in [0.15, 0.2) is 0 Å². The summed E-state index contributed by atoms with van der Waals surface area (Å²) >= 11 is 5.07. The molecule has 6 heteroatoms. The summed E-state index contributed by atoms with van der Waals surface area (Å²) in [7, 11) is 0. The average molecular weight is 282 g/mol. The van der Waals surface area contributed by atoms with Gasteiger partial charge in [-0.2, -0.15) is 0 Å². The second-order valence-electron chi connectivity index (χ2n) is 4.09. The van der Waals surface area contributed by atoms with Gasteiger partial charge in [-0.05, 0) is 12.0 Å². The summed E-state index contributed by atoms with van der Waals surface area (Å²) in [4.78, 5) is 14.1. The van der Waals surface area contributed by atoms with Crippen molar-refractivity contribution in [2.45, 2.75) is 26.7 Å². The second-order valence-corrected chi connectivity index (χ2v) is 4.48. The minimum Gasteiger partial charge on any atom is -0.412 e. The molecule has 1 aromatic carbocycles. The molecule has 0 spiro atoms. The van der Waals surface area contributed by atoms with Crippen LogP contribution in [0.25, 0.3) is 0 Å². The zero-order valence-electron chi connectivity index (χ0n) is 11.7. The van der Waals surface area contributed by atoms with Crippen molar-refractivity contribution < 1.29 is 23.6 Å². The van der Waals surface area contributed by atoms with Crippen LogP contribution in [0.4, 0.5) is 0 Å². The summed E-state index contributed by atoms with van der Waals surface area (Å²) in [5.74, 6) is 0. The molecule has 0 aliphatic rings. The Morgan fingerprint density at radius 3 is 2.70 bits per heavy atom. The standard InChI is InChI=1S/C14H15N2O2S.Li/c1-2-12-8-16(14(19)15-13(12)17)10-18-9-11-6-4-3-5-7-11;/h3-7H,2,9-10H2,1H3,(H,15,17,19);/q-1;+1. The van der Waals surface area contributed by atoms with Gasteiger partial charge in [0, 0.05) is 0 Å². The van der Waals surface area contributed by atoms with Gasteiger partial charge in [-0.25, -0.2) is 0 Å². The molecule has 0 amide bonds. The molecule has 20 heavy (non-hydrogen) atoms. The van der Waals surface area contributed by atoms with E-state index in [0.29, 0.717) is 23.4 Å². The first-order chi connectivity index (χ1) is 9.20. The number of aromatic amines is 1. The number of benzene rings is 1. The Bertz CT molecular complexity index is 652. The van der Waals surface area contributed by atoms with Gasteiger partial charge in [0.1, 0.15) is 12.3 Å². The van der Waals surface area contributed by atoms with Gasteiger partial charge >= 0.3 is 18.9 Å². The van der Waals surface area contributed by atoms with Gasteiger partial charge in [0.2, 0.25) is 0 Å². The van der Waals surface area contributed by atoms with Crippen LogP contribution in [0.3, 0.4) is 0 Å². The molecule has 2 aromatic rings. The van der Waals surface area contributed by atoms with Gasteiger partial charge in [-0.3, -0.25) is 0 Å².